The first-order chi connectivity index (χ1) is 9.74. The van der Waals surface area contributed by atoms with E-state index < -0.39 is 0 Å². The minimum Gasteiger partial charge on any atom is -0.508 e. The second kappa shape index (κ2) is 5.80. The van der Waals surface area contributed by atoms with Gasteiger partial charge in [-0.15, -0.1) is 5.10 Å². The number of phenols is 1. The Hall–Kier alpha value is -1.60. The van der Waals surface area contributed by atoms with Crippen LogP contribution in [0.1, 0.15) is 25.7 Å². The van der Waals surface area contributed by atoms with Gasteiger partial charge in [-0.05, 0) is 47.5 Å². The number of tetrazole rings is 1. The molecule has 2 aromatic rings. The van der Waals surface area contributed by atoms with Crippen molar-refractivity contribution in [2.45, 2.75) is 42.1 Å². The van der Waals surface area contributed by atoms with Crippen LogP contribution in [0.5, 0.6) is 5.75 Å². The number of hydrogen-bond donors (Lipinski definition) is 2. The molecule has 1 saturated carbocycles. The smallest absolute Gasteiger partial charge is 0.214 e. The zero-order chi connectivity index (χ0) is 13.9. The lowest BCUT2D eigenvalue weighted by Gasteiger charge is -2.27. The molecule has 1 aliphatic carbocycles. The van der Waals surface area contributed by atoms with Gasteiger partial charge in [0.05, 0.1) is 5.69 Å². The van der Waals surface area contributed by atoms with Crippen LogP contribution in [0.2, 0.25) is 0 Å². The number of aromatic hydroxyl groups is 1. The zero-order valence-electron chi connectivity index (χ0n) is 11.0. The first kappa shape index (κ1) is 13.4. The summed E-state index contributed by atoms with van der Waals surface area (Å²) in [6.07, 6.45) is 4.60. The molecule has 0 aliphatic heterocycles. The molecule has 1 heterocycles. The summed E-state index contributed by atoms with van der Waals surface area (Å²) in [7, 11) is 0. The van der Waals surface area contributed by atoms with E-state index in [1.54, 1.807) is 40.7 Å². The minimum atomic E-state index is 0.207. The number of benzene rings is 1. The molecular formula is C13H17N5OS. The van der Waals surface area contributed by atoms with Crippen LogP contribution in [-0.2, 0) is 0 Å². The third-order valence-electron chi connectivity index (χ3n) is 3.55. The standard InChI is InChI=1S/C13H17N5OS/c14-11-3-1-2-4-12(11)20-13-15-16-17-18(13)9-5-7-10(19)8-6-9/h5-8,11-12,19H,1-4,14H2. The molecule has 0 radical (unpaired) electrons. The normalized spacial score (nSPS) is 22.9. The fraction of sp³-hybridized carbons (Fsp3) is 0.462. The van der Waals surface area contributed by atoms with E-state index in [0.717, 1.165) is 23.7 Å². The molecule has 3 N–H and O–H groups in total. The van der Waals surface area contributed by atoms with Crippen molar-refractivity contribution >= 4 is 11.8 Å². The number of rotatable bonds is 3. The van der Waals surface area contributed by atoms with Crippen molar-refractivity contribution in [1.29, 1.82) is 0 Å². The SMILES string of the molecule is NC1CCCCC1Sc1nnnn1-c1ccc(O)cc1. The lowest BCUT2D eigenvalue weighted by atomic mass is 9.96. The maximum atomic E-state index is 9.34. The highest BCUT2D eigenvalue weighted by Crippen LogP contribution is 2.32. The largest absolute Gasteiger partial charge is 0.508 e. The van der Waals surface area contributed by atoms with Gasteiger partial charge in [0.2, 0.25) is 5.16 Å². The fourth-order valence-electron chi connectivity index (χ4n) is 2.42. The van der Waals surface area contributed by atoms with Crippen molar-refractivity contribution in [3.05, 3.63) is 24.3 Å². The Kier molecular flexibility index (Phi) is 3.88. The van der Waals surface area contributed by atoms with Gasteiger partial charge in [0, 0.05) is 11.3 Å². The summed E-state index contributed by atoms with van der Waals surface area (Å²) in [5.74, 6) is 0.227. The average Bonchev–Trinajstić information content (AvgIpc) is 2.90. The highest BCUT2D eigenvalue weighted by Gasteiger charge is 2.25. The van der Waals surface area contributed by atoms with Crippen LogP contribution in [0, 0.1) is 0 Å². The predicted octanol–water partition coefficient (Wildman–Crippen LogP) is 1.73. The number of hydrogen-bond acceptors (Lipinski definition) is 6. The second-order valence-corrected chi connectivity index (χ2v) is 6.20. The molecule has 0 saturated heterocycles. The molecule has 1 aromatic heterocycles. The first-order valence-corrected chi connectivity index (χ1v) is 7.62. The second-order valence-electron chi connectivity index (χ2n) is 4.99. The Labute approximate surface area is 121 Å². The van der Waals surface area contributed by atoms with Crippen molar-refractivity contribution < 1.29 is 5.11 Å². The van der Waals surface area contributed by atoms with E-state index in [9.17, 15) is 5.11 Å². The van der Waals surface area contributed by atoms with Crippen LogP contribution in [0.4, 0.5) is 0 Å². The molecule has 0 amide bonds. The number of phenolic OH excluding ortho intramolecular Hbond substituents is 1. The monoisotopic (exact) mass is 291 g/mol. The summed E-state index contributed by atoms with van der Waals surface area (Å²) in [5.41, 5.74) is 7.01. The van der Waals surface area contributed by atoms with E-state index in [4.69, 9.17) is 5.73 Å². The van der Waals surface area contributed by atoms with E-state index in [0.29, 0.717) is 5.25 Å². The van der Waals surface area contributed by atoms with Crippen molar-refractivity contribution in [2.24, 2.45) is 5.73 Å². The van der Waals surface area contributed by atoms with Gasteiger partial charge in [-0.25, -0.2) is 0 Å². The molecule has 3 rings (SSSR count). The molecule has 20 heavy (non-hydrogen) atoms. The Balaban J connectivity index is 1.81. The van der Waals surface area contributed by atoms with E-state index in [2.05, 4.69) is 15.5 Å². The van der Waals surface area contributed by atoms with Gasteiger partial charge in [0.25, 0.3) is 0 Å². The third kappa shape index (κ3) is 2.78. The maximum Gasteiger partial charge on any atom is 0.214 e. The minimum absolute atomic E-state index is 0.207. The van der Waals surface area contributed by atoms with Crippen molar-refractivity contribution in [3.8, 4) is 11.4 Å². The quantitative estimate of drug-likeness (QED) is 0.895. The van der Waals surface area contributed by atoms with Crippen LogP contribution in [-0.4, -0.2) is 36.6 Å². The van der Waals surface area contributed by atoms with Gasteiger partial charge in [-0.1, -0.05) is 24.6 Å². The molecule has 1 aromatic carbocycles. The summed E-state index contributed by atoms with van der Waals surface area (Å²) >= 11 is 1.64. The Bertz CT molecular complexity index is 570. The Morgan fingerprint density at radius 2 is 1.95 bits per heavy atom. The van der Waals surface area contributed by atoms with Gasteiger partial charge in [0.1, 0.15) is 5.75 Å². The summed E-state index contributed by atoms with van der Waals surface area (Å²) < 4.78 is 1.69. The van der Waals surface area contributed by atoms with E-state index in [1.165, 1.54) is 12.8 Å². The summed E-state index contributed by atoms with van der Waals surface area (Å²) in [6.45, 7) is 0. The maximum absolute atomic E-state index is 9.34. The molecule has 2 unspecified atom stereocenters. The van der Waals surface area contributed by atoms with Crippen LogP contribution in [0.25, 0.3) is 5.69 Å². The molecule has 0 spiro atoms. The van der Waals surface area contributed by atoms with Crippen molar-refractivity contribution in [3.63, 3.8) is 0 Å². The fourth-order valence-corrected chi connectivity index (χ4v) is 3.61. The third-order valence-corrected chi connectivity index (χ3v) is 4.90. The topological polar surface area (TPSA) is 89.9 Å². The number of nitrogens with zero attached hydrogens (tertiary/aromatic N) is 4. The predicted molar refractivity (Wildman–Crippen MR) is 76.9 cm³/mol. The van der Waals surface area contributed by atoms with Crippen LogP contribution < -0.4 is 5.73 Å². The first-order valence-electron chi connectivity index (χ1n) is 6.74. The van der Waals surface area contributed by atoms with Crippen LogP contribution >= 0.6 is 11.8 Å². The molecule has 1 aliphatic rings. The van der Waals surface area contributed by atoms with Gasteiger partial charge in [-0.3, -0.25) is 0 Å². The Morgan fingerprint density at radius 3 is 2.70 bits per heavy atom. The lowest BCUT2D eigenvalue weighted by molar-refractivity contribution is 0.452. The van der Waals surface area contributed by atoms with Crippen LogP contribution in [0.3, 0.4) is 0 Å². The summed E-state index contributed by atoms with van der Waals surface area (Å²) in [5, 5.41) is 22.3. The van der Waals surface area contributed by atoms with Crippen molar-refractivity contribution in [1.82, 2.24) is 20.2 Å². The van der Waals surface area contributed by atoms with Gasteiger partial charge < -0.3 is 10.8 Å². The van der Waals surface area contributed by atoms with Crippen LogP contribution in [0.15, 0.2) is 29.4 Å². The van der Waals surface area contributed by atoms with Crippen molar-refractivity contribution in [2.75, 3.05) is 0 Å². The lowest BCUT2D eigenvalue weighted by Crippen LogP contribution is -2.35. The number of nitrogens with two attached hydrogens (primary N) is 1. The molecule has 6 nitrogen and oxygen atoms in total. The average molecular weight is 291 g/mol. The molecule has 1 fully saturated rings. The summed E-state index contributed by atoms with van der Waals surface area (Å²) in [4.78, 5) is 0. The highest BCUT2D eigenvalue weighted by molar-refractivity contribution is 7.99. The Morgan fingerprint density at radius 1 is 1.20 bits per heavy atom. The van der Waals surface area contributed by atoms with E-state index in [-0.39, 0.29) is 11.8 Å². The van der Waals surface area contributed by atoms with Gasteiger partial charge in [-0.2, -0.15) is 4.68 Å². The van der Waals surface area contributed by atoms with Gasteiger partial charge in [0.15, 0.2) is 0 Å². The molecule has 106 valence electrons. The molecule has 2 atom stereocenters. The van der Waals surface area contributed by atoms with E-state index in [1.807, 2.05) is 0 Å². The number of thioether (sulfide) groups is 1. The number of aromatic nitrogens is 4. The molecule has 0 bridgehead atoms. The molecule has 7 heteroatoms. The molecular weight excluding hydrogens is 274 g/mol. The van der Waals surface area contributed by atoms with Gasteiger partial charge >= 0.3 is 0 Å². The zero-order valence-corrected chi connectivity index (χ0v) is 11.8. The van der Waals surface area contributed by atoms with E-state index >= 15 is 0 Å². The summed E-state index contributed by atoms with van der Waals surface area (Å²) in [6, 6.07) is 7.03. The highest BCUT2D eigenvalue weighted by atomic mass is 32.2.